The molecule has 0 fully saturated rings. The van der Waals surface area contributed by atoms with Crippen LogP contribution in [0.15, 0.2) is 22.6 Å². The molecule has 2 aromatic rings. The minimum atomic E-state index is -0.189. The third kappa shape index (κ3) is 4.48. The Morgan fingerprint density at radius 3 is 2.78 bits per heavy atom. The lowest BCUT2D eigenvalue weighted by molar-refractivity contribution is 0.0914. The molecular formula is C18H25NO4. The first-order valence-corrected chi connectivity index (χ1v) is 8.10. The Labute approximate surface area is 136 Å². The predicted octanol–water partition coefficient (Wildman–Crippen LogP) is 3.69. The van der Waals surface area contributed by atoms with Crippen LogP contribution in [0.4, 0.5) is 0 Å². The number of amides is 1. The summed E-state index contributed by atoms with van der Waals surface area (Å²) in [4.78, 5) is 12.2. The number of carbonyl (C=O) groups is 1. The Balaban J connectivity index is 1.89. The number of aryl methyl sites for hydroxylation is 1. The Bertz CT molecular complexity index is 648. The number of unbranched alkanes of at least 4 members (excludes halogenated alkanes) is 1. The van der Waals surface area contributed by atoms with Gasteiger partial charge in [0.15, 0.2) is 5.76 Å². The minimum absolute atomic E-state index is 0.189. The van der Waals surface area contributed by atoms with Crippen molar-refractivity contribution < 1.29 is 18.7 Å². The summed E-state index contributed by atoms with van der Waals surface area (Å²) in [6.07, 6.45) is 3.00. The molecule has 0 spiro atoms. The summed E-state index contributed by atoms with van der Waals surface area (Å²) in [5.74, 6) is 0.920. The van der Waals surface area contributed by atoms with Crippen molar-refractivity contribution in [3.63, 3.8) is 0 Å². The SMILES string of the molecule is CCCCOCCCNC(=O)c1oc2ccc(OC)cc2c1C. The second kappa shape index (κ2) is 8.58. The fourth-order valence-electron chi connectivity index (χ4n) is 2.35. The molecule has 2 rings (SSSR count). The second-order valence-electron chi connectivity index (χ2n) is 5.49. The van der Waals surface area contributed by atoms with E-state index in [0.29, 0.717) is 24.5 Å². The molecule has 1 heterocycles. The molecule has 0 unspecified atom stereocenters. The van der Waals surface area contributed by atoms with Crippen molar-refractivity contribution in [3.05, 3.63) is 29.5 Å². The number of fused-ring (bicyclic) bond motifs is 1. The number of ether oxygens (including phenoxy) is 2. The zero-order valence-corrected chi connectivity index (χ0v) is 14.1. The van der Waals surface area contributed by atoms with E-state index in [1.54, 1.807) is 7.11 Å². The van der Waals surface area contributed by atoms with E-state index in [-0.39, 0.29) is 5.91 Å². The lowest BCUT2D eigenvalue weighted by Crippen LogP contribution is -2.25. The molecule has 0 aliphatic heterocycles. The molecule has 5 nitrogen and oxygen atoms in total. The van der Waals surface area contributed by atoms with Crippen molar-refractivity contribution in [1.82, 2.24) is 5.32 Å². The standard InChI is InChI=1S/C18H25NO4/c1-4-5-10-22-11-6-9-19-18(20)17-13(2)15-12-14(21-3)7-8-16(15)23-17/h7-8,12H,4-6,9-11H2,1-3H3,(H,19,20). The number of hydrogen-bond donors (Lipinski definition) is 1. The van der Waals surface area contributed by atoms with Crippen LogP contribution < -0.4 is 10.1 Å². The van der Waals surface area contributed by atoms with E-state index < -0.39 is 0 Å². The normalized spacial score (nSPS) is 10.9. The molecular weight excluding hydrogens is 294 g/mol. The average molecular weight is 319 g/mol. The zero-order valence-electron chi connectivity index (χ0n) is 14.1. The maximum absolute atomic E-state index is 12.2. The minimum Gasteiger partial charge on any atom is -0.497 e. The molecule has 0 saturated carbocycles. The van der Waals surface area contributed by atoms with Gasteiger partial charge in [0.2, 0.25) is 0 Å². The second-order valence-corrected chi connectivity index (χ2v) is 5.49. The van der Waals surface area contributed by atoms with Crippen LogP contribution in [0.3, 0.4) is 0 Å². The molecule has 1 amide bonds. The number of furan rings is 1. The highest BCUT2D eigenvalue weighted by Gasteiger charge is 2.17. The van der Waals surface area contributed by atoms with E-state index in [1.807, 2.05) is 25.1 Å². The largest absolute Gasteiger partial charge is 0.497 e. The highest BCUT2D eigenvalue weighted by Crippen LogP contribution is 2.28. The fourth-order valence-corrected chi connectivity index (χ4v) is 2.35. The van der Waals surface area contributed by atoms with Gasteiger partial charge >= 0.3 is 0 Å². The van der Waals surface area contributed by atoms with E-state index in [2.05, 4.69) is 12.2 Å². The van der Waals surface area contributed by atoms with E-state index in [1.165, 1.54) is 0 Å². The molecule has 1 aromatic heterocycles. The van der Waals surface area contributed by atoms with E-state index in [0.717, 1.165) is 42.6 Å². The molecule has 0 saturated heterocycles. The maximum atomic E-state index is 12.2. The summed E-state index contributed by atoms with van der Waals surface area (Å²) in [5.41, 5.74) is 1.52. The van der Waals surface area contributed by atoms with Gasteiger partial charge in [-0.3, -0.25) is 4.79 Å². The molecule has 1 aromatic carbocycles. The fraction of sp³-hybridized carbons (Fsp3) is 0.500. The number of methoxy groups -OCH3 is 1. The monoisotopic (exact) mass is 319 g/mol. The first-order valence-electron chi connectivity index (χ1n) is 8.10. The van der Waals surface area contributed by atoms with Crippen molar-refractivity contribution >= 4 is 16.9 Å². The van der Waals surface area contributed by atoms with Gasteiger partial charge in [-0.15, -0.1) is 0 Å². The van der Waals surface area contributed by atoms with Crippen LogP contribution in [0.5, 0.6) is 5.75 Å². The summed E-state index contributed by atoms with van der Waals surface area (Å²) in [5, 5.41) is 3.78. The van der Waals surface area contributed by atoms with Crippen LogP contribution in [0.2, 0.25) is 0 Å². The van der Waals surface area contributed by atoms with Crippen molar-refractivity contribution in [2.75, 3.05) is 26.9 Å². The Hall–Kier alpha value is -2.01. The lowest BCUT2D eigenvalue weighted by atomic mass is 10.1. The molecule has 1 N–H and O–H groups in total. The van der Waals surface area contributed by atoms with Gasteiger partial charge in [0.25, 0.3) is 5.91 Å². The Kier molecular flexibility index (Phi) is 6.47. The molecule has 126 valence electrons. The van der Waals surface area contributed by atoms with Gasteiger partial charge in [0.1, 0.15) is 11.3 Å². The van der Waals surface area contributed by atoms with Gasteiger partial charge < -0.3 is 19.2 Å². The van der Waals surface area contributed by atoms with E-state index >= 15 is 0 Å². The third-order valence-corrected chi connectivity index (χ3v) is 3.74. The molecule has 5 heteroatoms. The zero-order chi connectivity index (χ0) is 16.7. The summed E-state index contributed by atoms with van der Waals surface area (Å²) in [6.45, 7) is 6.04. The van der Waals surface area contributed by atoms with Crippen molar-refractivity contribution in [2.24, 2.45) is 0 Å². The maximum Gasteiger partial charge on any atom is 0.287 e. The first-order chi connectivity index (χ1) is 11.2. The Morgan fingerprint density at radius 1 is 1.26 bits per heavy atom. The number of carbonyl (C=O) groups excluding carboxylic acids is 1. The van der Waals surface area contributed by atoms with Crippen LogP contribution in [0.1, 0.15) is 42.3 Å². The summed E-state index contributed by atoms with van der Waals surface area (Å²) < 4.78 is 16.4. The molecule has 0 aliphatic carbocycles. The van der Waals surface area contributed by atoms with E-state index in [4.69, 9.17) is 13.9 Å². The number of hydrogen-bond acceptors (Lipinski definition) is 4. The predicted molar refractivity (Wildman–Crippen MR) is 90.2 cm³/mol. The Morgan fingerprint density at radius 2 is 2.04 bits per heavy atom. The lowest BCUT2D eigenvalue weighted by Gasteiger charge is -2.05. The highest BCUT2D eigenvalue weighted by atomic mass is 16.5. The third-order valence-electron chi connectivity index (χ3n) is 3.74. The number of benzene rings is 1. The van der Waals surface area contributed by atoms with Gasteiger partial charge in [-0.2, -0.15) is 0 Å². The number of rotatable bonds is 9. The van der Waals surface area contributed by atoms with Crippen LogP contribution >= 0.6 is 0 Å². The number of nitrogens with one attached hydrogen (secondary N) is 1. The van der Waals surface area contributed by atoms with Crippen LogP contribution in [-0.4, -0.2) is 32.8 Å². The van der Waals surface area contributed by atoms with Crippen LogP contribution in [0.25, 0.3) is 11.0 Å². The molecule has 0 radical (unpaired) electrons. The van der Waals surface area contributed by atoms with Gasteiger partial charge in [0.05, 0.1) is 7.11 Å². The smallest absolute Gasteiger partial charge is 0.287 e. The summed E-state index contributed by atoms with van der Waals surface area (Å²) >= 11 is 0. The van der Waals surface area contributed by atoms with Crippen LogP contribution in [0, 0.1) is 6.92 Å². The van der Waals surface area contributed by atoms with Gasteiger partial charge in [-0.25, -0.2) is 0 Å². The van der Waals surface area contributed by atoms with Crippen molar-refractivity contribution in [3.8, 4) is 5.75 Å². The molecule has 0 bridgehead atoms. The van der Waals surface area contributed by atoms with Crippen molar-refractivity contribution in [1.29, 1.82) is 0 Å². The first kappa shape index (κ1) is 17.3. The quantitative estimate of drug-likeness (QED) is 0.716. The van der Waals surface area contributed by atoms with Gasteiger partial charge in [0, 0.05) is 30.7 Å². The topological polar surface area (TPSA) is 60.7 Å². The highest BCUT2D eigenvalue weighted by molar-refractivity contribution is 5.99. The van der Waals surface area contributed by atoms with Crippen LogP contribution in [-0.2, 0) is 4.74 Å². The molecule has 0 aliphatic rings. The van der Waals surface area contributed by atoms with Crippen molar-refractivity contribution in [2.45, 2.75) is 33.1 Å². The average Bonchev–Trinajstić information content (AvgIpc) is 2.90. The summed E-state index contributed by atoms with van der Waals surface area (Å²) in [7, 11) is 1.62. The van der Waals surface area contributed by atoms with Gasteiger partial charge in [-0.1, -0.05) is 13.3 Å². The molecule has 0 atom stereocenters. The summed E-state index contributed by atoms with van der Waals surface area (Å²) in [6, 6.07) is 5.52. The van der Waals surface area contributed by atoms with Gasteiger partial charge in [-0.05, 0) is 38.0 Å². The van der Waals surface area contributed by atoms with E-state index in [9.17, 15) is 4.79 Å². The molecule has 23 heavy (non-hydrogen) atoms.